The minimum atomic E-state index is -0.785. The van der Waals surface area contributed by atoms with Crippen molar-refractivity contribution in [1.82, 2.24) is 5.32 Å². The molecule has 0 atom stereocenters. The first-order valence-corrected chi connectivity index (χ1v) is 7.51. The van der Waals surface area contributed by atoms with Crippen LogP contribution in [-0.2, 0) is 16.0 Å². The Morgan fingerprint density at radius 2 is 1.90 bits per heavy atom. The fourth-order valence-corrected chi connectivity index (χ4v) is 2.81. The third kappa shape index (κ3) is 4.07. The van der Waals surface area contributed by atoms with E-state index in [4.69, 9.17) is 5.11 Å². The number of carbonyl (C=O) groups excluding carboxylic acids is 1. The molecule has 0 radical (unpaired) electrons. The van der Waals surface area contributed by atoms with E-state index in [0.717, 1.165) is 29.3 Å². The van der Waals surface area contributed by atoms with E-state index >= 15 is 0 Å². The Bertz CT molecular complexity index is 494. The van der Waals surface area contributed by atoms with Gasteiger partial charge in [-0.15, -0.1) is 0 Å². The number of rotatable bonds is 6. The fourth-order valence-electron chi connectivity index (χ4n) is 2.55. The average molecular weight is 340 g/mol. The molecule has 0 bridgehead atoms. The van der Waals surface area contributed by atoms with Crippen LogP contribution < -0.4 is 5.32 Å². The Kier molecular flexibility index (Phi) is 4.81. The summed E-state index contributed by atoms with van der Waals surface area (Å²) < 4.78 is 0.983. The van der Waals surface area contributed by atoms with Crippen LogP contribution in [0.3, 0.4) is 0 Å². The normalized spacial score (nSPS) is 16.2. The van der Waals surface area contributed by atoms with E-state index < -0.39 is 5.97 Å². The minimum absolute atomic E-state index is 0.0519. The van der Waals surface area contributed by atoms with Crippen LogP contribution in [0.25, 0.3) is 0 Å². The van der Waals surface area contributed by atoms with E-state index in [0.29, 0.717) is 13.0 Å². The molecule has 0 spiro atoms. The Hall–Kier alpha value is -1.36. The highest BCUT2D eigenvalue weighted by atomic mass is 79.9. The number of benzene rings is 1. The first kappa shape index (κ1) is 15.0. The molecule has 1 aromatic rings. The lowest BCUT2D eigenvalue weighted by Crippen LogP contribution is -2.43. The van der Waals surface area contributed by atoms with Crippen molar-refractivity contribution in [1.29, 1.82) is 0 Å². The number of carboxylic acids is 1. The van der Waals surface area contributed by atoms with Gasteiger partial charge in [0.25, 0.3) is 0 Å². The molecule has 0 aromatic heterocycles. The smallest absolute Gasteiger partial charge is 0.303 e. The van der Waals surface area contributed by atoms with Gasteiger partial charge in [-0.1, -0.05) is 34.5 Å². The van der Waals surface area contributed by atoms with Crippen molar-refractivity contribution >= 4 is 27.8 Å². The van der Waals surface area contributed by atoms with Gasteiger partial charge in [0.1, 0.15) is 0 Å². The molecule has 20 heavy (non-hydrogen) atoms. The topological polar surface area (TPSA) is 66.4 Å². The zero-order chi connectivity index (χ0) is 14.6. The summed E-state index contributed by atoms with van der Waals surface area (Å²) in [6.07, 6.45) is 3.30. The molecule has 0 saturated heterocycles. The summed E-state index contributed by atoms with van der Waals surface area (Å²) in [5.74, 6) is -0.837. The molecule has 4 nitrogen and oxygen atoms in total. The Morgan fingerprint density at radius 3 is 2.40 bits per heavy atom. The second-order valence-electron chi connectivity index (χ2n) is 5.50. The molecule has 1 amide bonds. The molecule has 0 aliphatic heterocycles. The van der Waals surface area contributed by atoms with E-state index in [1.807, 2.05) is 24.3 Å². The molecular formula is C15H18BrNO3. The molecule has 1 aliphatic carbocycles. The lowest BCUT2D eigenvalue weighted by molar-refractivity contribution is -0.141. The van der Waals surface area contributed by atoms with Gasteiger partial charge >= 0.3 is 5.97 Å². The zero-order valence-electron chi connectivity index (χ0n) is 11.2. The van der Waals surface area contributed by atoms with Gasteiger partial charge < -0.3 is 10.4 Å². The lowest BCUT2D eigenvalue weighted by Gasteiger charge is -2.40. The van der Waals surface area contributed by atoms with Crippen molar-refractivity contribution in [2.24, 2.45) is 5.41 Å². The molecule has 0 heterocycles. The molecular weight excluding hydrogens is 322 g/mol. The number of amides is 1. The molecule has 5 heteroatoms. The van der Waals surface area contributed by atoms with Crippen LogP contribution >= 0.6 is 15.9 Å². The molecule has 1 aromatic carbocycles. The van der Waals surface area contributed by atoms with Crippen LogP contribution in [0.1, 0.15) is 31.2 Å². The highest BCUT2D eigenvalue weighted by Gasteiger charge is 2.39. The highest BCUT2D eigenvalue weighted by molar-refractivity contribution is 9.10. The van der Waals surface area contributed by atoms with Crippen molar-refractivity contribution in [3.05, 3.63) is 34.3 Å². The quantitative estimate of drug-likeness (QED) is 0.837. The first-order valence-electron chi connectivity index (χ1n) is 6.72. The molecule has 1 fully saturated rings. The van der Waals surface area contributed by atoms with Gasteiger partial charge in [-0.05, 0) is 36.0 Å². The largest absolute Gasteiger partial charge is 0.481 e. The van der Waals surface area contributed by atoms with E-state index in [2.05, 4.69) is 21.2 Å². The standard InChI is InChI=1S/C15H18BrNO3/c16-12-4-2-11(3-5-12)8-13(18)17-10-15(6-1-7-15)9-14(19)20/h2-5H,1,6-10H2,(H,17,18)(H,19,20). The van der Waals surface area contributed by atoms with Crippen LogP contribution in [0.5, 0.6) is 0 Å². The minimum Gasteiger partial charge on any atom is -0.481 e. The Balaban J connectivity index is 1.82. The molecule has 2 rings (SSSR count). The molecule has 1 aliphatic rings. The van der Waals surface area contributed by atoms with Crippen LogP contribution in [0, 0.1) is 5.41 Å². The number of carbonyl (C=O) groups is 2. The van der Waals surface area contributed by atoms with Gasteiger partial charge in [-0.2, -0.15) is 0 Å². The third-order valence-corrected chi connectivity index (χ3v) is 4.41. The molecule has 1 saturated carbocycles. The van der Waals surface area contributed by atoms with Crippen molar-refractivity contribution in [2.45, 2.75) is 32.1 Å². The van der Waals surface area contributed by atoms with Crippen LogP contribution in [0.15, 0.2) is 28.7 Å². The Morgan fingerprint density at radius 1 is 1.25 bits per heavy atom. The summed E-state index contributed by atoms with van der Waals surface area (Å²) in [5.41, 5.74) is 0.730. The third-order valence-electron chi connectivity index (χ3n) is 3.88. The second-order valence-corrected chi connectivity index (χ2v) is 6.42. The number of halogens is 1. The summed E-state index contributed by atoms with van der Waals surface area (Å²) in [4.78, 5) is 22.8. The molecule has 0 unspecified atom stereocenters. The van der Waals surface area contributed by atoms with Crippen LogP contribution in [-0.4, -0.2) is 23.5 Å². The summed E-state index contributed by atoms with van der Waals surface area (Å²) in [7, 11) is 0. The van der Waals surface area contributed by atoms with E-state index in [9.17, 15) is 9.59 Å². The maximum absolute atomic E-state index is 11.9. The number of hydrogen-bond acceptors (Lipinski definition) is 2. The maximum atomic E-state index is 11.9. The number of nitrogens with one attached hydrogen (secondary N) is 1. The summed E-state index contributed by atoms with van der Waals surface area (Å²) in [5, 5.41) is 11.8. The first-order chi connectivity index (χ1) is 9.49. The van der Waals surface area contributed by atoms with Crippen LogP contribution in [0.2, 0.25) is 0 Å². The maximum Gasteiger partial charge on any atom is 0.303 e. The lowest BCUT2D eigenvalue weighted by atomic mass is 9.66. The van der Waals surface area contributed by atoms with Gasteiger partial charge in [-0.3, -0.25) is 9.59 Å². The highest BCUT2D eigenvalue weighted by Crippen LogP contribution is 2.43. The van der Waals surface area contributed by atoms with Crippen molar-refractivity contribution in [2.75, 3.05) is 6.54 Å². The van der Waals surface area contributed by atoms with E-state index in [1.54, 1.807) is 0 Å². The summed E-state index contributed by atoms with van der Waals surface area (Å²) in [6.45, 7) is 0.467. The zero-order valence-corrected chi connectivity index (χ0v) is 12.8. The summed E-state index contributed by atoms with van der Waals surface area (Å²) in [6, 6.07) is 7.61. The summed E-state index contributed by atoms with van der Waals surface area (Å²) >= 11 is 3.35. The van der Waals surface area contributed by atoms with Gasteiger partial charge in [0.2, 0.25) is 5.91 Å². The monoisotopic (exact) mass is 339 g/mol. The van der Waals surface area contributed by atoms with E-state index in [-0.39, 0.29) is 17.7 Å². The van der Waals surface area contributed by atoms with E-state index in [1.165, 1.54) is 0 Å². The average Bonchev–Trinajstić information content (AvgIpc) is 2.35. The van der Waals surface area contributed by atoms with Gasteiger partial charge in [-0.25, -0.2) is 0 Å². The molecule has 108 valence electrons. The SMILES string of the molecule is O=C(O)CC1(CNC(=O)Cc2ccc(Br)cc2)CCC1. The Labute approximate surface area is 126 Å². The molecule has 2 N–H and O–H groups in total. The van der Waals surface area contributed by atoms with Gasteiger partial charge in [0.05, 0.1) is 12.8 Å². The van der Waals surface area contributed by atoms with Crippen molar-refractivity contribution in [3.8, 4) is 0 Å². The number of aliphatic carboxylic acids is 1. The van der Waals surface area contributed by atoms with Crippen LogP contribution in [0.4, 0.5) is 0 Å². The van der Waals surface area contributed by atoms with Crippen molar-refractivity contribution < 1.29 is 14.7 Å². The van der Waals surface area contributed by atoms with Crippen molar-refractivity contribution in [3.63, 3.8) is 0 Å². The predicted molar refractivity (Wildman–Crippen MR) is 79.4 cm³/mol. The predicted octanol–water partition coefficient (Wildman–Crippen LogP) is 2.75. The number of carboxylic acid groups (broad SMARTS) is 1. The van der Waals surface area contributed by atoms with Gasteiger partial charge in [0.15, 0.2) is 0 Å². The number of hydrogen-bond donors (Lipinski definition) is 2. The van der Waals surface area contributed by atoms with Gasteiger partial charge in [0, 0.05) is 11.0 Å². The fraction of sp³-hybridized carbons (Fsp3) is 0.467. The second kappa shape index (κ2) is 6.39.